The van der Waals surface area contributed by atoms with Gasteiger partial charge in [0.1, 0.15) is 5.82 Å². The van der Waals surface area contributed by atoms with Crippen molar-refractivity contribution in [1.29, 1.82) is 0 Å². The minimum atomic E-state index is -0.0925. The largest absolute Gasteiger partial charge is 0.493 e. The highest BCUT2D eigenvalue weighted by Crippen LogP contribution is 2.34. The second-order valence-corrected chi connectivity index (χ2v) is 8.21. The molecule has 0 N–H and O–H groups in total. The molecule has 0 spiro atoms. The van der Waals surface area contributed by atoms with Crippen LogP contribution in [0.5, 0.6) is 11.5 Å². The van der Waals surface area contributed by atoms with Gasteiger partial charge < -0.3 is 19.3 Å². The molecule has 4 aromatic rings. The highest BCUT2D eigenvalue weighted by molar-refractivity contribution is 5.99. The van der Waals surface area contributed by atoms with E-state index in [2.05, 4.69) is 9.88 Å². The molecular formula is C27H27N5O3. The number of methoxy groups -OCH3 is 2. The first-order valence-electron chi connectivity index (χ1n) is 11.5. The summed E-state index contributed by atoms with van der Waals surface area (Å²) in [4.78, 5) is 22.2. The van der Waals surface area contributed by atoms with Crippen molar-refractivity contribution in [3.05, 3.63) is 84.8 Å². The van der Waals surface area contributed by atoms with Crippen LogP contribution in [-0.4, -0.2) is 66.0 Å². The lowest BCUT2D eigenvalue weighted by Gasteiger charge is -2.35. The van der Waals surface area contributed by atoms with Crippen molar-refractivity contribution in [2.75, 3.05) is 45.3 Å². The number of piperazine rings is 1. The smallest absolute Gasteiger partial charge is 0.275 e. The topological polar surface area (TPSA) is 72.7 Å². The Bertz CT molecular complexity index is 1300. The van der Waals surface area contributed by atoms with E-state index in [-0.39, 0.29) is 5.91 Å². The van der Waals surface area contributed by atoms with Crippen molar-refractivity contribution in [3.8, 4) is 28.3 Å². The Morgan fingerprint density at radius 3 is 2.29 bits per heavy atom. The maximum atomic E-state index is 13.7. The van der Waals surface area contributed by atoms with Crippen LogP contribution in [-0.2, 0) is 0 Å². The number of amides is 1. The summed E-state index contributed by atoms with van der Waals surface area (Å²) in [5.74, 6) is 2.06. The maximum Gasteiger partial charge on any atom is 0.275 e. The van der Waals surface area contributed by atoms with Crippen LogP contribution in [0.2, 0.25) is 0 Å². The Hall–Kier alpha value is -4.33. The number of carbonyl (C=O) groups is 1. The zero-order valence-electron chi connectivity index (χ0n) is 19.8. The van der Waals surface area contributed by atoms with Crippen LogP contribution in [0.1, 0.15) is 10.5 Å². The maximum absolute atomic E-state index is 13.7. The van der Waals surface area contributed by atoms with Crippen molar-refractivity contribution < 1.29 is 14.3 Å². The van der Waals surface area contributed by atoms with E-state index < -0.39 is 0 Å². The van der Waals surface area contributed by atoms with Gasteiger partial charge in [0.15, 0.2) is 17.2 Å². The second kappa shape index (κ2) is 9.89. The summed E-state index contributed by atoms with van der Waals surface area (Å²) >= 11 is 0. The predicted octanol–water partition coefficient (Wildman–Crippen LogP) is 3.91. The highest BCUT2D eigenvalue weighted by Gasteiger charge is 2.28. The van der Waals surface area contributed by atoms with E-state index in [0.29, 0.717) is 43.4 Å². The van der Waals surface area contributed by atoms with Crippen molar-refractivity contribution >= 4 is 11.7 Å². The number of para-hydroxylation sites is 1. The molecule has 8 heteroatoms. The number of hydrogen-bond donors (Lipinski definition) is 0. The van der Waals surface area contributed by atoms with Gasteiger partial charge in [-0.2, -0.15) is 5.10 Å². The van der Waals surface area contributed by atoms with Crippen LogP contribution < -0.4 is 14.4 Å². The highest BCUT2D eigenvalue weighted by atomic mass is 16.5. The first-order valence-corrected chi connectivity index (χ1v) is 11.5. The molecule has 0 saturated carbocycles. The summed E-state index contributed by atoms with van der Waals surface area (Å²) < 4.78 is 12.6. The molecule has 1 fully saturated rings. The van der Waals surface area contributed by atoms with Gasteiger partial charge in [0, 0.05) is 44.1 Å². The number of carbonyl (C=O) groups excluding carboxylic acids is 1. The van der Waals surface area contributed by atoms with Gasteiger partial charge in [0.2, 0.25) is 0 Å². The lowest BCUT2D eigenvalue weighted by molar-refractivity contribution is 0.0741. The lowest BCUT2D eigenvalue weighted by atomic mass is 10.0. The monoisotopic (exact) mass is 469 g/mol. The third-order valence-corrected chi connectivity index (χ3v) is 6.17. The quantitative estimate of drug-likeness (QED) is 0.426. The summed E-state index contributed by atoms with van der Waals surface area (Å²) in [6, 6.07) is 21.3. The molecular weight excluding hydrogens is 442 g/mol. The average molecular weight is 470 g/mol. The number of ether oxygens (including phenoxy) is 2. The number of aromatic nitrogens is 3. The van der Waals surface area contributed by atoms with Gasteiger partial charge in [-0.05, 0) is 42.0 Å². The average Bonchev–Trinajstić information content (AvgIpc) is 3.39. The molecule has 0 unspecified atom stereocenters. The Morgan fingerprint density at radius 2 is 1.60 bits per heavy atom. The minimum Gasteiger partial charge on any atom is -0.493 e. The van der Waals surface area contributed by atoms with Crippen LogP contribution in [0, 0.1) is 0 Å². The van der Waals surface area contributed by atoms with E-state index >= 15 is 0 Å². The minimum absolute atomic E-state index is 0.0925. The van der Waals surface area contributed by atoms with Crippen molar-refractivity contribution in [1.82, 2.24) is 19.7 Å². The number of benzene rings is 2. The molecule has 0 radical (unpaired) electrons. The first-order chi connectivity index (χ1) is 17.2. The van der Waals surface area contributed by atoms with Crippen LogP contribution in [0.15, 0.2) is 79.1 Å². The predicted molar refractivity (Wildman–Crippen MR) is 134 cm³/mol. The molecule has 1 saturated heterocycles. The molecule has 0 bridgehead atoms. The molecule has 3 heterocycles. The zero-order valence-corrected chi connectivity index (χ0v) is 19.8. The van der Waals surface area contributed by atoms with Crippen LogP contribution in [0.4, 0.5) is 5.82 Å². The molecule has 178 valence electrons. The van der Waals surface area contributed by atoms with Crippen LogP contribution >= 0.6 is 0 Å². The Labute approximate surface area is 204 Å². The van der Waals surface area contributed by atoms with Gasteiger partial charge in [0.05, 0.1) is 19.9 Å². The lowest BCUT2D eigenvalue weighted by Crippen LogP contribution is -2.49. The summed E-state index contributed by atoms with van der Waals surface area (Å²) in [6.45, 7) is 2.62. The molecule has 5 rings (SSSR count). The second-order valence-electron chi connectivity index (χ2n) is 8.21. The Kier molecular flexibility index (Phi) is 6.34. The fourth-order valence-corrected chi connectivity index (χ4v) is 4.29. The van der Waals surface area contributed by atoms with Crippen LogP contribution in [0.3, 0.4) is 0 Å². The molecule has 1 aliphatic heterocycles. The number of rotatable bonds is 6. The third-order valence-electron chi connectivity index (χ3n) is 6.17. The SMILES string of the molecule is COc1ccc(-c2cn(-c3ccccc3)nc2C(=O)N2CCN(c3ccccn3)CC2)cc1OC. The molecule has 35 heavy (non-hydrogen) atoms. The molecule has 0 aliphatic carbocycles. The summed E-state index contributed by atoms with van der Waals surface area (Å²) in [6.07, 6.45) is 3.69. The van der Waals surface area contributed by atoms with E-state index in [1.807, 2.05) is 77.8 Å². The fraction of sp³-hybridized carbons (Fsp3) is 0.222. The molecule has 2 aromatic carbocycles. The zero-order chi connectivity index (χ0) is 24.2. The Balaban J connectivity index is 1.47. The number of hydrogen-bond acceptors (Lipinski definition) is 6. The number of nitrogens with zero attached hydrogens (tertiary/aromatic N) is 5. The van der Waals surface area contributed by atoms with E-state index in [1.54, 1.807) is 25.1 Å². The van der Waals surface area contributed by atoms with E-state index in [4.69, 9.17) is 14.6 Å². The van der Waals surface area contributed by atoms with Gasteiger partial charge in [-0.3, -0.25) is 4.79 Å². The summed E-state index contributed by atoms with van der Waals surface area (Å²) in [5, 5.41) is 4.73. The van der Waals surface area contributed by atoms with Crippen LogP contribution in [0.25, 0.3) is 16.8 Å². The van der Waals surface area contributed by atoms with Gasteiger partial charge in [-0.25, -0.2) is 9.67 Å². The van der Waals surface area contributed by atoms with Gasteiger partial charge >= 0.3 is 0 Å². The fourth-order valence-electron chi connectivity index (χ4n) is 4.29. The van der Waals surface area contributed by atoms with Crippen molar-refractivity contribution in [3.63, 3.8) is 0 Å². The van der Waals surface area contributed by atoms with E-state index in [9.17, 15) is 4.79 Å². The molecule has 1 aliphatic rings. The van der Waals surface area contributed by atoms with Crippen molar-refractivity contribution in [2.24, 2.45) is 0 Å². The third kappa shape index (κ3) is 4.55. The first kappa shape index (κ1) is 22.5. The van der Waals surface area contributed by atoms with Gasteiger partial charge in [-0.1, -0.05) is 30.3 Å². The van der Waals surface area contributed by atoms with E-state index in [1.165, 1.54) is 0 Å². The normalized spacial score (nSPS) is 13.5. The summed E-state index contributed by atoms with van der Waals surface area (Å²) in [5.41, 5.74) is 2.87. The molecule has 2 aromatic heterocycles. The standard InChI is InChI=1S/C27H27N5O3/c1-34-23-12-11-20(18-24(23)35-2)22-19-32(21-8-4-3-5-9-21)29-26(22)27(33)31-16-14-30(15-17-31)25-10-6-7-13-28-25/h3-13,18-19H,14-17H2,1-2H3. The molecule has 1 amide bonds. The van der Waals surface area contributed by atoms with Gasteiger partial charge in [0.25, 0.3) is 5.91 Å². The number of pyridine rings is 1. The summed E-state index contributed by atoms with van der Waals surface area (Å²) in [7, 11) is 3.20. The molecule has 8 nitrogen and oxygen atoms in total. The Morgan fingerprint density at radius 1 is 0.857 bits per heavy atom. The molecule has 0 atom stereocenters. The van der Waals surface area contributed by atoms with Gasteiger partial charge in [-0.15, -0.1) is 0 Å². The van der Waals surface area contributed by atoms with E-state index in [0.717, 1.165) is 22.6 Å². The van der Waals surface area contributed by atoms with Crippen molar-refractivity contribution in [2.45, 2.75) is 0 Å². The number of anilines is 1.